The molecule has 4 heteroatoms. The van der Waals surface area contributed by atoms with Gasteiger partial charge in [0, 0.05) is 12.5 Å². The molecule has 0 aliphatic rings. The van der Waals surface area contributed by atoms with Crippen molar-refractivity contribution < 1.29 is 8.85 Å². The average Bonchev–Trinajstić information content (AvgIpc) is 2.50. The van der Waals surface area contributed by atoms with Gasteiger partial charge in [-0.1, -0.05) is 64.1 Å². The molecular weight excluding hydrogens is 376 g/mol. The van der Waals surface area contributed by atoms with Crippen LogP contribution in [0.25, 0.3) is 0 Å². The molecule has 0 N–H and O–H groups in total. The SMILES string of the molecule is C=C(C)Cc1ccccc1[C@@H](C[C@@H](CC)O[Si](C)(C)C(C)(C)C)O[Si](C)(C)C. The first-order valence-electron chi connectivity index (χ1n) is 10.7. The molecule has 0 aliphatic carbocycles. The van der Waals surface area contributed by atoms with Crippen LogP contribution in [0.1, 0.15) is 64.7 Å². The Balaban J connectivity index is 3.20. The highest BCUT2D eigenvalue weighted by Gasteiger charge is 2.39. The zero-order valence-corrected chi connectivity index (χ0v) is 22.1. The fourth-order valence-electron chi connectivity index (χ4n) is 3.13. The van der Waals surface area contributed by atoms with Crippen LogP contribution in [0.15, 0.2) is 36.4 Å². The first kappa shape index (κ1) is 25.4. The van der Waals surface area contributed by atoms with Crippen molar-refractivity contribution in [2.24, 2.45) is 0 Å². The van der Waals surface area contributed by atoms with E-state index in [2.05, 4.69) is 98.2 Å². The molecule has 0 aromatic heterocycles. The molecule has 0 aliphatic heterocycles. The second-order valence-corrected chi connectivity index (χ2v) is 19.9. The molecule has 0 fully saturated rings. The number of benzene rings is 1. The van der Waals surface area contributed by atoms with E-state index in [1.54, 1.807) is 0 Å². The van der Waals surface area contributed by atoms with E-state index in [0.717, 1.165) is 19.3 Å². The summed E-state index contributed by atoms with van der Waals surface area (Å²) < 4.78 is 13.5. The van der Waals surface area contributed by atoms with Gasteiger partial charge in [0.2, 0.25) is 0 Å². The third-order valence-electron chi connectivity index (χ3n) is 5.59. The lowest BCUT2D eigenvalue weighted by Gasteiger charge is -2.40. The van der Waals surface area contributed by atoms with Gasteiger partial charge in [-0.15, -0.1) is 0 Å². The molecule has 0 heterocycles. The summed E-state index contributed by atoms with van der Waals surface area (Å²) in [6.45, 7) is 26.9. The summed E-state index contributed by atoms with van der Waals surface area (Å²) in [5, 5.41) is 0.216. The smallest absolute Gasteiger partial charge is 0.192 e. The number of allylic oxidation sites excluding steroid dienone is 1. The van der Waals surface area contributed by atoms with Crippen LogP contribution in [0.2, 0.25) is 37.8 Å². The van der Waals surface area contributed by atoms with Gasteiger partial charge in [-0.05, 0) is 68.7 Å². The molecule has 1 rings (SSSR count). The maximum Gasteiger partial charge on any atom is 0.192 e. The third kappa shape index (κ3) is 7.98. The molecule has 160 valence electrons. The van der Waals surface area contributed by atoms with E-state index in [-0.39, 0.29) is 17.2 Å². The molecule has 1 aromatic rings. The summed E-state index contributed by atoms with van der Waals surface area (Å²) in [5.41, 5.74) is 3.83. The minimum Gasteiger partial charge on any atom is -0.414 e. The van der Waals surface area contributed by atoms with Crippen LogP contribution in [-0.2, 0) is 15.3 Å². The summed E-state index contributed by atoms with van der Waals surface area (Å²) in [4.78, 5) is 0. The highest BCUT2D eigenvalue weighted by Crippen LogP contribution is 2.39. The monoisotopic (exact) mass is 420 g/mol. The first-order valence-corrected chi connectivity index (χ1v) is 17.1. The number of hydrogen-bond donors (Lipinski definition) is 0. The maximum absolute atomic E-state index is 6.80. The van der Waals surface area contributed by atoms with Gasteiger partial charge in [0.15, 0.2) is 16.6 Å². The van der Waals surface area contributed by atoms with Gasteiger partial charge in [-0.2, -0.15) is 0 Å². The minimum atomic E-state index is -1.81. The van der Waals surface area contributed by atoms with E-state index >= 15 is 0 Å². The van der Waals surface area contributed by atoms with Gasteiger partial charge in [0.1, 0.15) is 0 Å². The predicted octanol–water partition coefficient (Wildman–Crippen LogP) is 7.89. The summed E-state index contributed by atoms with van der Waals surface area (Å²) in [6.07, 6.45) is 3.14. The zero-order valence-electron chi connectivity index (χ0n) is 20.1. The summed E-state index contributed by atoms with van der Waals surface area (Å²) in [6, 6.07) is 8.71. The molecule has 0 spiro atoms. The molecule has 1 aromatic carbocycles. The van der Waals surface area contributed by atoms with Crippen LogP contribution in [0, 0.1) is 0 Å². The van der Waals surface area contributed by atoms with E-state index in [1.165, 1.54) is 16.7 Å². The molecule has 28 heavy (non-hydrogen) atoms. The van der Waals surface area contributed by atoms with Crippen molar-refractivity contribution in [2.75, 3.05) is 0 Å². The molecule has 0 saturated heterocycles. The summed E-state index contributed by atoms with van der Waals surface area (Å²) in [5.74, 6) is 0. The number of hydrogen-bond acceptors (Lipinski definition) is 2. The van der Waals surface area contributed by atoms with Crippen molar-refractivity contribution in [3.8, 4) is 0 Å². The molecule has 0 unspecified atom stereocenters. The van der Waals surface area contributed by atoms with Gasteiger partial charge in [-0.25, -0.2) is 0 Å². The van der Waals surface area contributed by atoms with Crippen molar-refractivity contribution in [1.29, 1.82) is 0 Å². The minimum absolute atomic E-state index is 0.0805. The van der Waals surface area contributed by atoms with Crippen LogP contribution in [0.4, 0.5) is 0 Å². The van der Waals surface area contributed by atoms with Crippen LogP contribution >= 0.6 is 0 Å². The quantitative estimate of drug-likeness (QED) is 0.283. The molecule has 0 bridgehead atoms. The fourth-order valence-corrected chi connectivity index (χ4v) is 5.66. The van der Waals surface area contributed by atoms with Crippen molar-refractivity contribution in [2.45, 2.75) is 104 Å². The molecule has 0 saturated carbocycles. The Morgan fingerprint density at radius 1 is 1.04 bits per heavy atom. The zero-order chi connectivity index (χ0) is 21.8. The van der Waals surface area contributed by atoms with Crippen molar-refractivity contribution in [1.82, 2.24) is 0 Å². The molecule has 2 nitrogen and oxygen atoms in total. The van der Waals surface area contributed by atoms with Crippen LogP contribution in [0.3, 0.4) is 0 Å². The largest absolute Gasteiger partial charge is 0.414 e. The Morgan fingerprint density at radius 3 is 2.07 bits per heavy atom. The lowest BCUT2D eigenvalue weighted by molar-refractivity contribution is 0.0938. The standard InChI is InChI=1S/C24H44O2Si2/c1-12-21(25-28(10,11)24(4,5)6)18-23(26-27(7,8)9)22-16-14-13-15-20(22)17-19(2)3/h13-16,21,23H,2,12,17-18H2,1,3-11H3/t21-,23-/m1/s1. The average molecular weight is 421 g/mol. The Hall–Kier alpha value is -0.686. The third-order valence-corrected chi connectivity index (χ3v) is 11.1. The van der Waals surface area contributed by atoms with Gasteiger partial charge in [-0.3, -0.25) is 0 Å². The first-order chi connectivity index (χ1) is 12.7. The van der Waals surface area contributed by atoms with Crippen LogP contribution < -0.4 is 0 Å². The van der Waals surface area contributed by atoms with Crippen LogP contribution in [0.5, 0.6) is 0 Å². The normalized spacial score (nSPS) is 15.4. The molecular formula is C24H44O2Si2. The van der Waals surface area contributed by atoms with Gasteiger partial charge >= 0.3 is 0 Å². The predicted molar refractivity (Wildman–Crippen MR) is 129 cm³/mol. The van der Waals surface area contributed by atoms with E-state index in [9.17, 15) is 0 Å². The lowest BCUT2D eigenvalue weighted by Crippen LogP contribution is -2.44. The molecule has 0 amide bonds. The van der Waals surface area contributed by atoms with Crippen molar-refractivity contribution >= 4 is 16.6 Å². The van der Waals surface area contributed by atoms with Gasteiger partial charge in [0.05, 0.1) is 6.10 Å². The van der Waals surface area contributed by atoms with Gasteiger partial charge < -0.3 is 8.85 Å². The Morgan fingerprint density at radius 2 is 1.61 bits per heavy atom. The highest BCUT2D eigenvalue weighted by molar-refractivity contribution is 6.74. The Labute approximate surface area is 177 Å². The van der Waals surface area contributed by atoms with Crippen molar-refractivity contribution in [3.63, 3.8) is 0 Å². The highest BCUT2D eigenvalue weighted by atomic mass is 28.4. The topological polar surface area (TPSA) is 18.5 Å². The summed E-state index contributed by atoms with van der Waals surface area (Å²) >= 11 is 0. The second kappa shape index (κ2) is 9.88. The summed E-state index contributed by atoms with van der Waals surface area (Å²) in [7, 11) is -3.52. The maximum atomic E-state index is 6.80. The second-order valence-electron chi connectivity index (χ2n) is 10.7. The molecule has 0 radical (unpaired) electrons. The van der Waals surface area contributed by atoms with E-state index < -0.39 is 16.6 Å². The van der Waals surface area contributed by atoms with E-state index in [1.807, 2.05) is 0 Å². The van der Waals surface area contributed by atoms with Crippen LogP contribution in [-0.4, -0.2) is 22.7 Å². The van der Waals surface area contributed by atoms with Gasteiger partial charge in [0.25, 0.3) is 0 Å². The Kier molecular flexibility index (Phi) is 8.94. The van der Waals surface area contributed by atoms with Crippen molar-refractivity contribution in [3.05, 3.63) is 47.5 Å². The Bertz CT molecular complexity index is 639. The lowest BCUT2D eigenvalue weighted by atomic mass is 9.94. The molecule has 2 atom stereocenters. The van der Waals surface area contributed by atoms with E-state index in [4.69, 9.17) is 8.85 Å². The fraction of sp³-hybridized carbons (Fsp3) is 0.667. The van der Waals surface area contributed by atoms with E-state index in [0.29, 0.717) is 0 Å². The number of rotatable bonds is 10.